The largest absolute Gasteiger partial charge is 0.431 e. The fourth-order valence-corrected chi connectivity index (χ4v) is 1.12. The molecular formula is C11H16O2. The molecule has 1 rings (SSSR count). The van der Waals surface area contributed by atoms with Gasteiger partial charge in [-0.2, -0.15) is 0 Å². The van der Waals surface area contributed by atoms with E-state index in [0.717, 1.165) is 12.2 Å². The Balaban J connectivity index is 2.34. The van der Waals surface area contributed by atoms with E-state index in [0.29, 0.717) is 6.42 Å². The SMILES string of the molecule is CC(C)(C)CC(=O)OC1=CC=CC1. The van der Waals surface area contributed by atoms with Crippen LogP contribution in [0.2, 0.25) is 0 Å². The Morgan fingerprint density at radius 1 is 1.54 bits per heavy atom. The number of allylic oxidation sites excluding steroid dienone is 3. The first-order chi connectivity index (χ1) is 5.97. The predicted molar refractivity (Wildman–Crippen MR) is 52.0 cm³/mol. The predicted octanol–water partition coefficient (Wildman–Crippen LogP) is 2.81. The summed E-state index contributed by atoms with van der Waals surface area (Å²) >= 11 is 0. The number of hydrogen-bond acceptors (Lipinski definition) is 2. The summed E-state index contributed by atoms with van der Waals surface area (Å²) in [5.74, 6) is 0.622. The first-order valence-electron chi connectivity index (χ1n) is 4.54. The number of esters is 1. The summed E-state index contributed by atoms with van der Waals surface area (Å²) in [5.41, 5.74) is 0.00365. The molecule has 1 aliphatic rings. The van der Waals surface area contributed by atoms with Crippen molar-refractivity contribution in [3.63, 3.8) is 0 Å². The molecule has 0 spiro atoms. The Morgan fingerprint density at radius 3 is 2.69 bits per heavy atom. The standard InChI is InChI=1S/C11H16O2/c1-11(2,3)8-10(12)13-9-6-4-5-7-9/h4-6H,7-8H2,1-3H3. The van der Waals surface area contributed by atoms with Crippen LogP contribution in [-0.2, 0) is 9.53 Å². The van der Waals surface area contributed by atoms with Crippen LogP contribution in [0.15, 0.2) is 24.0 Å². The number of hydrogen-bond donors (Lipinski definition) is 0. The van der Waals surface area contributed by atoms with Crippen LogP contribution in [-0.4, -0.2) is 5.97 Å². The molecule has 0 saturated carbocycles. The third-order valence-electron chi connectivity index (χ3n) is 1.66. The van der Waals surface area contributed by atoms with E-state index in [2.05, 4.69) is 0 Å². The van der Waals surface area contributed by atoms with Gasteiger partial charge in [-0.3, -0.25) is 4.79 Å². The fraction of sp³-hybridized carbons (Fsp3) is 0.545. The highest BCUT2D eigenvalue weighted by Crippen LogP contribution is 2.21. The van der Waals surface area contributed by atoms with Gasteiger partial charge in [0.05, 0.1) is 6.42 Å². The van der Waals surface area contributed by atoms with Gasteiger partial charge in [0, 0.05) is 6.42 Å². The van der Waals surface area contributed by atoms with Gasteiger partial charge in [-0.15, -0.1) is 0 Å². The van der Waals surface area contributed by atoms with Crippen molar-refractivity contribution >= 4 is 5.97 Å². The molecule has 0 radical (unpaired) electrons. The summed E-state index contributed by atoms with van der Waals surface area (Å²) in [6.07, 6.45) is 6.92. The molecule has 0 aliphatic heterocycles. The number of ether oxygens (including phenoxy) is 1. The zero-order valence-corrected chi connectivity index (χ0v) is 8.46. The lowest BCUT2D eigenvalue weighted by molar-refractivity contribution is -0.141. The minimum atomic E-state index is -0.137. The van der Waals surface area contributed by atoms with Crippen LogP contribution in [0.5, 0.6) is 0 Å². The molecule has 0 atom stereocenters. The quantitative estimate of drug-likeness (QED) is 0.611. The summed E-state index contributed by atoms with van der Waals surface area (Å²) in [5, 5.41) is 0. The number of carbonyl (C=O) groups is 1. The highest BCUT2D eigenvalue weighted by Gasteiger charge is 2.18. The topological polar surface area (TPSA) is 26.3 Å². The van der Waals surface area contributed by atoms with Gasteiger partial charge in [-0.1, -0.05) is 32.9 Å². The highest BCUT2D eigenvalue weighted by molar-refractivity contribution is 5.71. The van der Waals surface area contributed by atoms with Gasteiger partial charge >= 0.3 is 5.97 Å². The van der Waals surface area contributed by atoms with Crippen LogP contribution in [0.1, 0.15) is 33.6 Å². The molecule has 2 nitrogen and oxygen atoms in total. The Hall–Kier alpha value is -1.05. The zero-order chi connectivity index (χ0) is 9.90. The molecule has 72 valence electrons. The van der Waals surface area contributed by atoms with E-state index in [-0.39, 0.29) is 11.4 Å². The van der Waals surface area contributed by atoms with Crippen molar-refractivity contribution in [2.24, 2.45) is 5.41 Å². The fourth-order valence-electron chi connectivity index (χ4n) is 1.12. The van der Waals surface area contributed by atoms with E-state index >= 15 is 0 Å². The second-order valence-electron chi connectivity index (χ2n) is 4.48. The molecule has 0 bridgehead atoms. The lowest BCUT2D eigenvalue weighted by Gasteiger charge is -2.16. The molecule has 0 unspecified atom stereocenters. The lowest BCUT2D eigenvalue weighted by Crippen LogP contribution is -2.14. The van der Waals surface area contributed by atoms with Gasteiger partial charge in [-0.25, -0.2) is 0 Å². The molecule has 0 aromatic heterocycles. The summed E-state index contributed by atoms with van der Waals surface area (Å²) in [7, 11) is 0. The van der Waals surface area contributed by atoms with Gasteiger partial charge < -0.3 is 4.74 Å². The van der Waals surface area contributed by atoms with E-state index in [9.17, 15) is 4.79 Å². The Kier molecular flexibility index (Phi) is 2.91. The molecule has 0 heterocycles. The monoisotopic (exact) mass is 180 g/mol. The molecule has 1 aliphatic carbocycles. The minimum Gasteiger partial charge on any atom is -0.431 e. The Morgan fingerprint density at radius 2 is 2.23 bits per heavy atom. The molecule has 0 saturated heterocycles. The third kappa shape index (κ3) is 3.92. The molecule has 0 aromatic rings. The van der Waals surface area contributed by atoms with Crippen LogP contribution in [0.25, 0.3) is 0 Å². The zero-order valence-electron chi connectivity index (χ0n) is 8.46. The average Bonchev–Trinajstić information content (AvgIpc) is 2.34. The first-order valence-corrected chi connectivity index (χ1v) is 4.54. The maximum Gasteiger partial charge on any atom is 0.311 e. The van der Waals surface area contributed by atoms with Crippen molar-refractivity contribution in [1.82, 2.24) is 0 Å². The summed E-state index contributed by atoms with van der Waals surface area (Å²) in [6.45, 7) is 6.07. The number of rotatable bonds is 2. The summed E-state index contributed by atoms with van der Waals surface area (Å²) in [6, 6.07) is 0. The lowest BCUT2D eigenvalue weighted by atomic mass is 9.92. The maximum absolute atomic E-state index is 11.3. The van der Waals surface area contributed by atoms with Crippen LogP contribution in [0, 0.1) is 5.41 Å². The second kappa shape index (κ2) is 3.77. The van der Waals surface area contributed by atoms with Crippen molar-refractivity contribution < 1.29 is 9.53 Å². The van der Waals surface area contributed by atoms with Crippen molar-refractivity contribution in [2.45, 2.75) is 33.6 Å². The van der Waals surface area contributed by atoms with E-state index < -0.39 is 0 Å². The molecule has 0 aromatic carbocycles. The number of carbonyl (C=O) groups excluding carboxylic acids is 1. The van der Waals surface area contributed by atoms with Crippen molar-refractivity contribution in [3.05, 3.63) is 24.0 Å². The minimum absolute atomic E-state index is 0.00365. The van der Waals surface area contributed by atoms with Gasteiger partial charge in [0.25, 0.3) is 0 Å². The van der Waals surface area contributed by atoms with E-state index in [1.54, 1.807) is 0 Å². The smallest absolute Gasteiger partial charge is 0.311 e. The maximum atomic E-state index is 11.3. The molecule has 0 N–H and O–H groups in total. The van der Waals surface area contributed by atoms with Crippen molar-refractivity contribution in [3.8, 4) is 0 Å². The van der Waals surface area contributed by atoms with Crippen LogP contribution < -0.4 is 0 Å². The summed E-state index contributed by atoms with van der Waals surface area (Å²) in [4.78, 5) is 11.3. The molecule has 0 fully saturated rings. The average molecular weight is 180 g/mol. The Bertz CT molecular complexity index is 254. The van der Waals surface area contributed by atoms with Gasteiger partial charge in [0.1, 0.15) is 5.76 Å². The van der Waals surface area contributed by atoms with Crippen molar-refractivity contribution in [1.29, 1.82) is 0 Å². The molecule has 2 heteroatoms. The first kappa shape index (κ1) is 10.0. The van der Waals surface area contributed by atoms with Gasteiger partial charge in [-0.05, 0) is 11.5 Å². The van der Waals surface area contributed by atoms with Crippen LogP contribution in [0.3, 0.4) is 0 Å². The van der Waals surface area contributed by atoms with Gasteiger partial charge in [0.2, 0.25) is 0 Å². The normalized spacial score (nSPS) is 15.8. The Labute approximate surface area is 79.3 Å². The van der Waals surface area contributed by atoms with Gasteiger partial charge in [0.15, 0.2) is 0 Å². The van der Waals surface area contributed by atoms with Crippen LogP contribution in [0.4, 0.5) is 0 Å². The summed E-state index contributed by atoms with van der Waals surface area (Å²) < 4.78 is 5.15. The second-order valence-corrected chi connectivity index (χ2v) is 4.48. The van der Waals surface area contributed by atoms with E-state index in [4.69, 9.17) is 4.74 Å². The molecular weight excluding hydrogens is 164 g/mol. The van der Waals surface area contributed by atoms with Crippen molar-refractivity contribution in [2.75, 3.05) is 0 Å². The molecule has 0 amide bonds. The van der Waals surface area contributed by atoms with E-state index in [1.807, 2.05) is 39.0 Å². The third-order valence-corrected chi connectivity index (χ3v) is 1.66. The van der Waals surface area contributed by atoms with Crippen LogP contribution >= 0.6 is 0 Å². The molecule has 13 heavy (non-hydrogen) atoms. The highest BCUT2D eigenvalue weighted by atomic mass is 16.5. The van der Waals surface area contributed by atoms with E-state index in [1.165, 1.54) is 0 Å².